The summed E-state index contributed by atoms with van der Waals surface area (Å²) in [7, 11) is -3.91. The maximum atomic E-state index is 13.3. The van der Waals surface area contributed by atoms with Gasteiger partial charge >= 0.3 is 0 Å². The van der Waals surface area contributed by atoms with Crippen molar-refractivity contribution in [2.24, 2.45) is 0 Å². The number of halogens is 2. The molecule has 0 aliphatic rings. The maximum Gasteiger partial charge on any atom is 0.264 e. The summed E-state index contributed by atoms with van der Waals surface area (Å²) >= 11 is 13.9. The zero-order chi connectivity index (χ0) is 23.8. The highest BCUT2D eigenvalue weighted by Gasteiger charge is 2.27. The van der Waals surface area contributed by atoms with Gasteiger partial charge in [-0.05, 0) is 54.4 Å². The number of benzene rings is 3. The molecule has 1 N–H and O–H groups in total. The number of carbonyl (C=O) groups is 1. The molecule has 0 aliphatic carbocycles. The Balaban J connectivity index is 1.63. The summed E-state index contributed by atoms with van der Waals surface area (Å²) in [6.07, 6.45) is 0. The van der Waals surface area contributed by atoms with Crippen molar-refractivity contribution in [1.82, 2.24) is 5.32 Å². The highest BCUT2D eigenvalue weighted by molar-refractivity contribution is 7.98. The van der Waals surface area contributed by atoms with Gasteiger partial charge in [0.1, 0.15) is 6.54 Å². The Morgan fingerprint density at radius 2 is 1.64 bits per heavy atom. The molecule has 3 aromatic carbocycles. The number of anilines is 1. The Hall–Kier alpha value is -2.19. The molecule has 174 valence electrons. The van der Waals surface area contributed by atoms with E-state index in [1.807, 2.05) is 13.0 Å². The fourth-order valence-corrected chi connectivity index (χ4v) is 6.14. The number of nitrogens with one attached hydrogen (secondary N) is 1. The van der Waals surface area contributed by atoms with Crippen molar-refractivity contribution in [1.29, 1.82) is 0 Å². The summed E-state index contributed by atoms with van der Waals surface area (Å²) in [5, 5.41) is 4.02. The molecular weight excluding hydrogens is 499 g/mol. The topological polar surface area (TPSA) is 66.5 Å². The number of sulfonamides is 1. The molecule has 0 unspecified atom stereocenters. The molecule has 0 aromatic heterocycles. The third kappa shape index (κ3) is 6.90. The van der Waals surface area contributed by atoms with Crippen LogP contribution >= 0.6 is 35.0 Å². The lowest BCUT2D eigenvalue weighted by atomic mass is 10.2. The molecule has 0 bridgehead atoms. The minimum absolute atomic E-state index is 0.131. The number of hydrogen-bond acceptors (Lipinski definition) is 4. The van der Waals surface area contributed by atoms with E-state index in [-0.39, 0.29) is 17.3 Å². The van der Waals surface area contributed by atoms with Crippen molar-refractivity contribution in [2.75, 3.05) is 23.1 Å². The van der Waals surface area contributed by atoms with Crippen LogP contribution in [0.1, 0.15) is 11.1 Å². The molecule has 0 heterocycles. The Kier molecular flexibility index (Phi) is 9.09. The van der Waals surface area contributed by atoms with Gasteiger partial charge in [-0.2, -0.15) is 11.8 Å². The second-order valence-electron chi connectivity index (χ2n) is 7.27. The zero-order valence-electron chi connectivity index (χ0n) is 18.0. The van der Waals surface area contributed by atoms with Crippen molar-refractivity contribution in [3.63, 3.8) is 0 Å². The fourth-order valence-electron chi connectivity index (χ4n) is 3.11. The minimum atomic E-state index is -3.91. The zero-order valence-corrected chi connectivity index (χ0v) is 21.1. The predicted octanol–water partition coefficient (Wildman–Crippen LogP) is 5.55. The van der Waals surface area contributed by atoms with Crippen LogP contribution in [0, 0.1) is 6.92 Å². The van der Waals surface area contributed by atoms with Crippen LogP contribution in [0.15, 0.2) is 77.7 Å². The van der Waals surface area contributed by atoms with E-state index < -0.39 is 10.0 Å². The Labute approximate surface area is 209 Å². The number of rotatable bonds is 10. The van der Waals surface area contributed by atoms with E-state index in [1.54, 1.807) is 66.4 Å². The summed E-state index contributed by atoms with van der Waals surface area (Å²) in [6.45, 7) is 1.94. The molecule has 3 rings (SSSR count). The molecule has 0 spiro atoms. The van der Waals surface area contributed by atoms with Gasteiger partial charge in [-0.3, -0.25) is 9.10 Å². The van der Waals surface area contributed by atoms with Crippen molar-refractivity contribution >= 4 is 56.6 Å². The van der Waals surface area contributed by atoms with Crippen LogP contribution in [0.5, 0.6) is 0 Å². The normalized spacial score (nSPS) is 11.2. The Morgan fingerprint density at radius 3 is 2.30 bits per heavy atom. The van der Waals surface area contributed by atoms with Crippen LogP contribution in [0.25, 0.3) is 0 Å². The molecule has 5 nitrogen and oxygen atoms in total. The number of carbonyl (C=O) groups excluding carboxylic acids is 1. The summed E-state index contributed by atoms with van der Waals surface area (Å²) in [5.74, 6) is 0.863. The monoisotopic (exact) mass is 522 g/mol. The number of thioether (sulfide) groups is 1. The van der Waals surface area contributed by atoms with Gasteiger partial charge < -0.3 is 5.32 Å². The largest absolute Gasteiger partial charge is 0.354 e. The summed E-state index contributed by atoms with van der Waals surface area (Å²) in [4.78, 5) is 12.8. The Morgan fingerprint density at radius 1 is 0.970 bits per heavy atom. The van der Waals surface area contributed by atoms with Gasteiger partial charge in [0, 0.05) is 28.1 Å². The van der Waals surface area contributed by atoms with E-state index >= 15 is 0 Å². The highest BCUT2D eigenvalue weighted by Crippen LogP contribution is 2.28. The molecule has 0 fully saturated rings. The van der Waals surface area contributed by atoms with Crippen molar-refractivity contribution in [3.8, 4) is 0 Å². The van der Waals surface area contributed by atoms with Gasteiger partial charge in [-0.1, -0.05) is 59.6 Å². The molecule has 0 atom stereocenters. The van der Waals surface area contributed by atoms with E-state index in [1.165, 1.54) is 12.1 Å². The SMILES string of the molecule is Cc1cccc(N(CC(=O)NCCSCc2c(Cl)cccc2Cl)S(=O)(=O)c2ccccc2)c1. The summed E-state index contributed by atoms with van der Waals surface area (Å²) in [6, 6.07) is 20.6. The van der Waals surface area contributed by atoms with E-state index in [0.717, 1.165) is 15.4 Å². The van der Waals surface area contributed by atoms with Crippen LogP contribution in [-0.4, -0.2) is 33.2 Å². The second-order valence-corrected chi connectivity index (χ2v) is 11.0. The van der Waals surface area contributed by atoms with E-state index in [4.69, 9.17) is 23.2 Å². The lowest BCUT2D eigenvalue weighted by Crippen LogP contribution is -2.41. The average molecular weight is 524 g/mol. The second kappa shape index (κ2) is 11.8. The highest BCUT2D eigenvalue weighted by atomic mass is 35.5. The van der Waals surface area contributed by atoms with Gasteiger partial charge in [0.05, 0.1) is 10.6 Å². The molecule has 3 aromatic rings. The molecule has 9 heteroatoms. The smallest absolute Gasteiger partial charge is 0.264 e. The first-order chi connectivity index (χ1) is 15.8. The van der Waals surface area contributed by atoms with Gasteiger partial charge in [0.15, 0.2) is 0 Å². The quantitative estimate of drug-likeness (QED) is 0.354. The van der Waals surface area contributed by atoms with Gasteiger partial charge in [-0.25, -0.2) is 8.42 Å². The average Bonchev–Trinajstić information content (AvgIpc) is 2.79. The lowest BCUT2D eigenvalue weighted by molar-refractivity contribution is -0.119. The summed E-state index contributed by atoms with van der Waals surface area (Å²) < 4.78 is 27.7. The minimum Gasteiger partial charge on any atom is -0.354 e. The third-order valence-electron chi connectivity index (χ3n) is 4.78. The molecule has 0 radical (unpaired) electrons. The number of amides is 1. The number of aryl methyl sites for hydroxylation is 1. The van der Waals surface area contributed by atoms with E-state index in [0.29, 0.717) is 33.8 Å². The molecule has 1 amide bonds. The first kappa shape index (κ1) is 25.4. The van der Waals surface area contributed by atoms with Crippen LogP contribution < -0.4 is 9.62 Å². The molecular formula is C24H24Cl2N2O3S2. The van der Waals surface area contributed by atoms with Crippen molar-refractivity contribution < 1.29 is 13.2 Å². The first-order valence-corrected chi connectivity index (χ1v) is 13.6. The molecule has 33 heavy (non-hydrogen) atoms. The van der Waals surface area contributed by atoms with Crippen molar-refractivity contribution in [2.45, 2.75) is 17.6 Å². The Bertz CT molecular complexity index is 1190. The van der Waals surface area contributed by atoms with Gasteiger partial charge in [-0.15, -0.1) is 0 Å². The van der Waals surface area contributed by atoms with E-state index in [2.05, 4.69) is 5.32 Å². The predicted molar refractivity (Wildman–Crippen MR) is 138 cm³/mol. The van der Waals surface area contributed by atoms with Crippen LogP contribution in [0.4, 0.5) is 5.69 Å². The van der Waals surface area contributed by atoms with E-state index in [9.17, 15) is 13.2 Å². The fraction of sp³-hybridized carbons (Fsp3) is 0.208. The number of nitrogens with zero attached hydrogens (tertiary/aromatic N) is 1. The number of hydrogen-bond donors (Lipinski definition) is 1. The van der Waals surface area contributed by atoms with Crippen molar-refractivity contribution in [3.05, 3.63) is 94.0 Å². The van der Waals surface area contributed by atoms with Crippen LogP contribution in [-0.2, 0) is 20.6 Å². The standard InChI is InChI=1S/C24H24Cl2N2O3S2/c1-18-7-5-8-19(15-18)28(33(30,31)20-9-3-2-4-10-20)16-24(29)27-13-14-32-17-21-22(25)11-6-12-23(21)26/h2-12,15H,13-14,16-17H2,1H3,(H,27,29). The van der Waals surface area contributed by atoms with Crippen LogP contribution in [0.2, 0.25) is 10.0 Å². The molecule has 0 aliphatic heterocycles. The van der Waals surface area contributed by atoms with Gasteiger partial charge in [0.25, 0.3) is 10.0 Å². The first-order valence-electron chi connectivity index (χ1n) is 10.2. The molecule has 0 saturated carbocycles. The molecule has 0 saturated heterocycles. The lowest BCUT2D eigenvalue weighted by Gasteiger charge is -2.24. The third-order valence-corrected chi connectivity index (χ3v) is 8.27. The van der Waals surface area contributed by atoms with Gasteiger partial charge in [0.2, 0.25) is 5.91 Å². The maximum absolute atomic E-state index is 13.3. The summed E-state index contributed by atoms with van der Waals surface area (Å²) in [5.41, 5.74) is 2.20. The van der Waals surface area contributed by atoms with Crippen LogP contribution in [0.3, 0.4) is 0 Å².